The Morgan fingerprint density at radius 1 is 1.16 bits per heavy atom. The normalized spacial score (nSPS) is 15.8. The number of carbonyl (C=O) groups is 2. The third-order valence-corrected chi connectivity index (χ3v) is 5.57. The minimum atomic E-state index is -0.531. The van der Waals surface area contributed by atoms with Gasteiger partial charge in [-0.15, -0.1) is 0 Å². The van der Waals surface area contributed by atoms with Gasteiger partial charge in [0.2, 0.25) is 11.8 Å². The first-order valence-corrected chi connectivity index (χ1v) is 10.2. The molecule has 1 atom stereocenters. The van der Waals surface area contributed by atoms with Crippen LogP contribution in [0.1, 0.15) is 25.3 Å². The van der Waals surface area contributed by atoms with Crippen molar-refractivity contribution in [3.05, 3.63) is 70.0 Å². The molecule has 1 aliphatic heterocycles. The van der Waals surface area contributed by atoms with E-state index in [4.69, 9.17) is 0 Å². The van der Waals surface area contributed by atoms with Gasteiger partial charge >= 0.3 is 0 Å². The molecular weight excluding hydrogens is 403 g/mol. The molecule has 2 N–H and O–H groups in total. The number of nitro benzene ring substituents is 1. The lowest BCUT2D eigenvalue weighted by atomic mass is 9.94. The van der Waals surface area contributed by atoms with Gasteiger partial charge in [-0.25, -0.2) is 4.39 Å². The fourth-order valence-corrected chi connectivity index (χ4v) is 3.63. The van der Waals surface area contributed by atoms with Gasteiger partial charge in [-0.2, -0.15) is 0 Å². The molecule has 1 unspecified atom stereocenters. The maximum absolute atomic E-state index is 13.0. The zero-order valence-corrected chi connectivity index (χ0v) is 17.2. The predicted octanol–water partition coefficient (Wildman–Crippen LogP) is 3.09. The molecule has 1 fully saturated rings. The number of amides is 2. The number of benzene rings is 2. The number of rotatable bonds is 7. The number of hydrogen-bond acceptors (Lipinski definition) is 5. The quantitative estimate of drug-likeness (QED) is 0.521. The first-order chi connectivity index (χ1) is 14.8. The number of nitro groups is 1. The molecule has 2 aromatic carbocycles. The molecule has 0 spiro atoms. The third-order valence-electron chi connectivity index (χ3n) is 5.57. The number of halogens is 1. The maximum Gasteiger partial charge on any atom is 0.292 e. The molecule has 8 nitrogen and oxygen atoms in total. The van der Waals surface area contributed by atoms with E-state index in [0.717, 1.165) is 5.56 Å². The molecule has 1 aliphatic rings. The second kappa shape index (κ2) is 10.1. The van der Waals surface area contributed by atoms with Crippen LogP contribution in [0.4, 0.5) is 15.8 Å². The van der Waals surface area contributed by atoms with Crippen molar-refractivity contribution in [3.63, 3.8) is 0 Å². The van der Waals surface area contributed by atoms with Crippen LogP contribution in [-0.2, 0) is 16.1 Å². The fraction of sp³-hybridized carbons (Fsp3) is 0.364. The second-order valence-corrected chi connectivity index (χ2v) is 7.59. The molecule has 0 aromatic heterocycles. The van der Waals surface area contributed by atoms with Gasteiger partial charge < -0.3 is 10.6 Å². The Balaban J connectivity index is 1.48. The molecule has 164 valence electrons. The van der Waals surface area contributed by atoms with Crippen LogP contribution in [0.3, 0.4) is 0 Å². The molecule has 3 rings (SSSR count). The predicted molar refractivity (Wildman–Crippen MR) is 114 cm³/mol. The van der Waals surface area contributed by atoms with E-state index in [1.54, 1.807) is 31.2 Å². The lowest BCUT2D eigenvalue weighted by Crippen LogP contribution is -2.48. The van der Waals surface area contributed by atoms with Crippen molar-refractivity contribution in [1.29, 1.82) is 0 Å². The van der Waals surface area contributed by atoms with Gasteiger partial charge in [0.25, 0.3) is 5.69 Å². The van der Waals surface area contributed by atoms with E-state index in [1.165, 1.54) is 24.3 Å². The molecule has 0 bridgehead atoms. The summed E-state index contributed by atoms with van der Waals surface area (Å²) < 4.78 is 13.0. The number of carbonyl (C=O) groups excluding carboxylic acids is 2. The SMILES string of the molecule is CC(C(=O)Nc1ccccc1[N+](=O)[O-])N1CCC(C(=O)NCc2ccc(F)cc2)CC1. The summed E-state index contributed by atoms with van der Waals surface area (Å²) in [4.78, 5) is 37.6. The van der Waals surface area contributed by atoms with Gasteiger partial charge in [0.05, 0.1) is 11.0 Å². The van der Waals surface area contributed by atoms with Gasteiger partial charge in [0.15, 0.2) is 0 Å². The lowest BCUT2D eigenvalue weighted by molar-refractivity contribution is -0.383. The van der Waals surface area contributed by atoms with E-state index in [1.807, 2.05) is 4.90 Å². The topological polar surface area (TPSA) is 105 Å². The molecular formula is C22H25FN4O4. The van der Waals surface area contributed by atoms with E-state index >= 15 is 0 Å². The summed E-state index contributed by atoms with van der Waals surface area (Å²) in [5.41, 5.74) is 0.839. The summed E-state index contributed by atoms with van der Waals surface area (Å²) in [6, 6.07) is 11.5. The molecule has 0 radical (unpaired) electrons. The minimum absolute atomic E-state index is 0.0546. The van der Waals surface area contributed by atoms with Gasteiger partial charge in [0.1, 0.15) is 11.5 Å². The van der Waals surface area contributed by atoms with E-state index < -0.39 is 11.0 Å². The van der Waals surface area contributed by atoms with Crippen LogP contribution in [0.2, 0.25) is 0 Å². The van der Waals surface area contributed by atoms with Crippen molar-refractivity contribution in [3.8, 4) is 0 Å². The Labute approximate surface area is 179 Å². The largest absolute Gasteiger partial charge is 0.352 e. The van der Waals surface area contributed by atoms with Crippen molar-refractivity contribution in [2.45, 2.75) is 32.4 Å². The van der Waals surface area contributed by atoms with E-state index in [9.17, 15) is 24.1 Å². The van der Waals surface area contributed by atoms with Crippen LogP contribution in [0.15, 0.2) is 48.5 Å². The highest BCUT2D eigenvalue weighted by Gasteiger charge is 2.30. The number of piperidine rings is 1. The number of nitrogens with zero attached hydrogens (tertiary/aromatic N) is 2. The Morgan fingerprint density at radius 2 is 1.81 bits per heavy atom. The molecule has 1 heterocycles. The van der Waals surface area contributed by atoms with Crippen molar-refractivity contribution in [2.24, 2.45) is 5.92 Å². The van der Waals surface area contributed by atoms with E-state index in [-0.39, 0.29) is 34.9 Å². The lowest BCUT2D eigenvalue weighted by Gasteiger charge is -2.34. The average Bonchev–Trinajstić information content (AvgIpc) is 2.78. The Kier molecular flexibility index (Phi) is 7.30. The van der Waals surface area contributed by atoms with Crippen molar-refractivity contribution in [2.75, 3.05) is 18.4 Å². The highest BCUT2D eigenvalue weighted by Crippen LogP contribution is 2.24. The standard InChI is InChI=1S/C22H25FN4O4/c1-15(21(28)25-19-4-2-3-5-20(19)27(30)31)26-12-10-17(11-13-26)22(29)24-14-16-6-8-18(23)9-7-16/h2-9,15,17H,10-14H2,1H3,(H,24,29)(H,25,28). The third kappa shape index (κ3) is 5.85. The molecule has 0 saturated carbocycles. The van der Waals surface area contributed by atoms with Crippen LogP contribution in [0, 0.1) is 21.8 Å². The molecule has 2 amide bonds. The fourth-order valence-electron chi connectivity index (χ4n) is 3.63. The number of para-hydroxylation sites is 2. The molecule has 1 saturated heterocycles. The van der Waals surface area contributed by atoms with Crippen LogP contribution in [0.5, 0.6) is 0 Å². The van der Waals surface area contributed by atoms with Crippen LogP contribution >= 0.6 is 0 Å². The maximum atomic E-state index is 13.0. The van der Waals surface area contributed by atoms with Gasteiger partial charge in [0, 0.05) is 18.5 Å². The van der Waals surface area contributed by atoms with Gasteiger partial charge in [-0.1, -0.05) is 24.3 Å². The Hall–Kier alpha value is -3.33. The van der Waals surface area contributed by atoms with Gasteiger partial charge in [-0.05, 0) is 56.6 Å². The zero-order valence-electron chi connectivity index (χ0n) is 17.2. The summed E-state index contributed by atoms with van der Waals surface area (Å²) in [6.07, 6.45) is 1.22. The number of hydrogen-bond donors (Lipinski definition) is 2. The van der Waals surface area contributed by atoms with Gasteiger partial charge in [-0.3, -0.25) is 24.6 Å². The van der Waals surface area contributed by atoms with Crippen LogP contribution in [-0.4, -0.2) is 40.8 Å². The first kappa shape index (κ1) is 22.4. The summed E-state index contributed by atoms with van der Waals surface area (Å²) in [6.45, 7) is 3.23. The second-order valence-electron chi connectivity index (χ2n) is 7.59. The van der Waals surface area contributed by atoms with E-state index in [2.05, 4.69) is 10.6 Å². The molecule has 0 aliphatic carbocycles. The number of likely N-dealkylation sites (tertiary alicyclic amines) is 1. The highest BCUT2D eigenvalue weighted by atomic mass is 19.1. The van der Waals surface area contributed by atoms with Crippen molar-refractivity contribution >= 4 is 23.2 Å². The smallest absolute Gasteiger partial charge is 0.292 e. The van der Waals surface area contributed by atoms with Crippen molar-refractivity contribution in [1.82, 2.24) is 10.2 Å². The number of anilines is 1. The Morgan fingerprint density at radius 3 is 2.45 bits per heavy atom. The first-order valence-electron chi connectivity index (χ1n) is 10.2. The summed E-state index contributed by atoms with van der Waals surface area (Å²) in [5, 5.41) is 16.6. The molecule has 31 heavy (non-hydrogen) atoms. The zero-order chi connectivity index (χ0) is 22.4. The average molecular weight is 428 g/mol. The van der Waals surface area contributed by atoms with E-state index in [0.29, 0.717) is 32.5 Å². The van der Waals surface area contributed by atoms with Crippen LogP contribution in [0.25, 0.3) is 0 Å². The summed E-state index contributed by atoms with van der Waals surface area (Å²) in [7, 11) is 0. The summed E-state index contributed by atoms with van der Waals surface area (Å²) in [5.74, 6) is -0.848. The summed E-state index contributed by atoms with van der Waals surface area (Å²) >= 11 is 0. The number of nitrogens with one attached hydrogen (secondary N) is 2. The van der Waals surface area contributed by atoms with Crippen LogP contribution < -0.4 is 10.6 Å². The van der Waals surface area contributed by atoms with Crippen molar-refractivity contribution < 1.29 is 18.9 Å². The minimum Gasteiger partial charge on any atom is -0.352 e. The molecule has 9 heteroatoms. The highest BCUT2D eigenvalue weighted by molar-refractivity contribution is 5.96. The Bertz CT molecular complexity index is 943. The molecule has 2 aromatic rings. The monoisotopic (exact) mass is 428 g/mol.